The number of nitrogens with zero attached hydrogens (tertiary/aromatic N) is 1. The van der Waals surface area contributed by atoms with Gasteiger partial charge in [0.2, 0.25) is 0 Å². The molecule has 0 aliphatic heterocycles. The fourth-order valence-electron chi connectivity index (χ4n) is 1.97. The molecule has 0 radical (unpaired) electrons. The number of aliphatic carboxylic acids is 1. The van der Waals surface area contributed by atoms with Crippen molar-refractivity contribution in [1.82, 2.24) is 9.88 Å². The van der Waals surface area contributed by atoms with E-state index in [-0.39, 0.29) is 12.1 Å². The van der Waals surface area contributed by atoms with E-state index in [1.165, 1.54) is 18.3 Å². The van der Waals surface area contributed by atoms with Gasteiger partial charge in [-0.3, -0.25) is 9.59 Å². The number of hydrogen-bond acceptors (Lipinski definition) is 2. The lowest BCUT2D eigenvalue weighted by atomic mass is 10.1. The second-order valence-corrected chi connectivity index (χ2v) is 4.49. The number of carbonyl (C=O) groups is 2. The highest BCUT2D eigenvalue weighted by Crippen LogP contribution is 2.09. The predicted molar refractivity (Wildman–Crippen MR) is 68.9 cm³/mol. The summed E-state index contributed by atoms with van der Waals surface area (Å²) in [5, 5.41) is 11.4. The van der Waals surface area contributed by atoms with Crippen LogP contribution in [-0.4, -0.2) is 34.0 Å². The van der Waals surface area contributed by atoms with Gasteiger partial charge in [0.05, 0.1) is 13.0 Å². The normalized spacial score (nSPS) is 12.4. The third-order valence-corrected chi connectivity index (χ3v) is 2.79. The summed E-state index contributed by atoms with van der Waals surface area (Å²) in [5.74, 6) is -1.54. The van der Waals surface area contributed by atoms with Crippen LogP contribution < -0.4 is 5.32 Å². The zero-order valence-corrected chi connectivity index (χ0v) is 11.2. The second-order valence-electron chi connectivity index (χ2n) is 4.49. The van der Waals surface area contributed by atoms with E-state index in [1.54, 1.807) is 0 Å². The Morgan fingerprint density at radius 1 is 1.45 bits per heavy atom. The standard InChI is InChI=1S/C13H18F2N2O3/c1-2-4-9(7-12(18)19)16-13(20)10-5-3-6-17(10)8-11(14)15/h3,5-6,9,11H,2,4,7-8H2,1H3,(H,16,20)(H,18,19). The van der Waals surface area contributed by atoms with Crippen molar-refractivity contribution in [3.05, 3.63) is 24.0 Å². The average Bonchev–Trinajstić information content (AvgIpc) is 2.75. The molecular formula is C13H18F2N2O3. The molecule has 1 atom stereocenters. The molecule has 7 heteroatoms. The number of amides is 1. The van der Waals surface area contributed by atoms with E-state index < -0.39 is 30.9 Å². The van der Waals surface area contributed by atoms with Crippen molar-refractivity contribution < 1.29 is 23.5 Å². The Hall–Kier alpha value is -1.92. The van der Waals surface area contributed by atoms with Crippen LogP contribution in [-0.2, 0) is 11.3 Å². The first-order valence-electron chi connectivity index (χ1n) is 6.40. The zero-order chi connectivity index (χ0) is 15.1. The lowest BCUT2D eigenvalue weighted by Crippen LogP contribution is -2.37. The Morgan fingerprint density at radius 2 is 2.15 bits per heavy atom. The van der Waals surface area contributed by atoms with Crippen LogP contribution >= 0.6 is 0 Å². The molecule has 1 unspecified atom stereocenters. The van der Waals surface area contributed by atoms with Gasteiger partial charge in [0.15, 0.2) is 0 Å². The van der Waals surface area contributed by atoms with Crippen molar-refractivity contribution in [3.63, 3.8) is 0 Å². The number of nitrogens with one attached hydrogen (secondary N) is 1. The maximum atomic E-state index is 12.4. The second kappa shape index (κ2) is 7.62. The van der Waals surface area contributed by atoms with Crippen LogP contribution in [0.5, 0.6) is 0 Å². The number of rotatable bonds is 8. The van der Waals surface area contributed by atoms with E-state index in [0.717, 1.165) is 11.0 Å². The Labute approximate surface area is 115 Å². The molecule has 0 aliphatic rings. The summed E-state index contributed by atoms with van der Waals surface area (Å²) in [4.78, 5) is 22.7. The molecule has 112 valence electrons. The van der Waals surface area contributed by atoms with E-state index in [0.29, 0.717) is 6.42 Å². The molecule has 2 N–H and O–H groups in total. The smallest absolute Gasteiger partial charge is 0.305 e. The molecule has 0 aliphatic carbocycles. The van der Waals surface area contributed by atoms with Crippen LogP contribution in [0.3, 0.4) is 0 Å². The summed E-state index contributed by atoms with van der Waals surface area (Å²) in [6.45, 7) is 1.31. The molecule has 0 aromatic carbocycles. The van der Waals surface area contributed by atoms with Crippen LogP contribution in [0.2, 0.25) is 0 Å². The van der Waals surface area contributed by atoms with Crippen LogP contribution in [0.15, 0.2) is 18.3 Å². The summed E-state index contributed by atoms with van der Waals surface area (Å²) >= 11 is 0. The highest BCUT2D eigenvalue weighted by atomic mass is 19.3. The molecule has 1 heterocycles. The molecule has 0 saturated heterocycles. The number of halogens is 2. The minimum Gasteiger partial charge on any atom is -0.481 e. The van der Waals surface area contributed by atoms with Gasteiger partial charge in [-0.25, -0.2) is 8.78 Å². The summed E-state index contributed by atoms with van der Waals surface area (Å²) in [6, 6.07) is 2.44. The van der Waals surface area contributed by atoms with Crippen molar-refractivity contribution in [3.8, 4) is 0 Å². The molecule has 20 heavy (non-hydrogen) atoms. The van der Waals surface area contributed by atoms with E-state index >= 15 is 0 Å². The predicted octanol–water partition coefficient (Wildman–Crippen LogP) is 2.13. The third-order valence-electron chi connectivity index (χ3n) is 2.79. The maximum Gasteiger partial charge on any atom is 0.305 e. The van der Waals surface area contributed by atoms with Gasteiger partial charge < -0.3 is 15.0 Å². The number of aromatic nitrogens is 1. The van der Waals surface area contributed by atoms with Crippen LogP contribution in [0.25, 0.3) is 0 Å². The van der Waals surface area contributed by atoms with E-state index in [2.05, 4.69) is 5.32 Å². The number of alkyl halides is 2. The third kappa shape index (κ3) is 4.99. The lowest BCUT2D eigenvalue weighted by Gasteiger charge is -2.17. The first-order chi connectivity index (χ1) is 9.43. The zero-order valence-electron chi connectivity index (χ0n) is 11.2. The molecule has 1 amide bonds. The van der Waals surface area contributed by atoms with Crippen molar-refractivity contribution in [1.29, 1.82) is 0 Å². The minimum atomic E-state index is -2.56. The Balaban J connectivity index is 2.73. The van der Waals surface area contributed by atoms with Crippen LogP contribution in [0.4, 0.5) is 8.78 Å². The molecule has 1 aromatic heterocycles. The van der Waals surface area contributed by atoms with Crippen molar-refractivity contribution in [2.24, 2.45) is 0 Å². The van der Waals surface area contributed by atoms with Crippen LogP contribution in [0.1, 0.15) is 36.7 Å². The van der Waals surface area contributed by atoms with Gasteiger partial charge in [-0.05, 0) is 18.6 Å². The maximum absolute atomic E-state index is 12.4. The molecule has 1 aromatic rings. The summed E-state index contributed by atoms with van der Waals surface area (Å²) < 4.78 is 25.9. The highest BCUT2D eigenvalue weighted by molar-refractivity contribution is 5.93. The number of carboxylic acids is 1. The van der Waals surface area contributed by atoms with Gasteiger partial charge >= 0.3 is 5.97 Å². The first-order valence-corrected chi connectivity index (χ1v) is 6.40. The van der Waals surface area contributed by atoms with Crippen molar-refractivity contribution >= 4 is 11.9 Å². The molecule has 0 saturated carbocycles. The summed E-state index contributed by atoms with van der Waals surface area (Å²) in [7, 11) is 0. The SMILES string of the molecule is CCCC(CC(=O)O)NC(=O)c1cccn1CC(F)F. The largest absolute Gasteiger partial charge is 0.481 e. The number of hydrogen-bond donors (Lipinski definition) is 2. The Morgan fingerprint density at radius 3 is 2.70 bits per heavy atom. The van der Waals surface area contributed by atoms with E-state index in [1.807, 2.05) is 6.92 Å². The van der Waals surface area contributed by atoms with Gasteiger partial charge in [-0.2, -0.15) is 0 Å². The fraction of sp³-hybridized carbons (Fsp3) is 0.538. The quantitative estimate of drug-likeness (QED) is 0.769. The van der Waals surface area contributed by atoms with Gasteiger partial charge in [0.25, 0.3) is 12.3 Å². The topological polar surface area (TPSA) is 71.3 Å². The summed E-state index contributed by atoms with van der Waals surface area (Å²) in [6.07, 6.45) is -0.106. The van der Waals surface area contributed by atoms with Gasteiger partial charge in [-0.1, -0.05) is 13.3 Å². The first kappa shape index (κ1) is 16.1. The average molecular weight is 288 g/mol. The van der Waals surface area contributed by atoms with Crippen molar-refractivity contribution in [2.45, 2.75) is 45.2 Å². The lowest BCUT2D eigenvalue weighted by molar-refractivity contribution is -0.137. The fourth-order valence-corrected chi connectivity index (χ4v) is 1.97. The summed E-state index contributed by atoms with van der Waals surface area (Å²) in [5.41, 5.74) is 0.108. The van der Waals surface area contributed by atoms with Crippen LogP contribution in [0, 0.1) is 0 Å². The molecular weight excluding hydrogens is 270 g/mol. The molecule has 5 nitrogen and oxygen atoms in total. The highest BCUT2D eigenvalue weighted by Gasteiger charge is 2.19. The molecule has 0 fully saturated rings. The number of carbonyl (C=O) groups excluding carboxylic acids is 1. The van der Waals surface area contributed by atoms with Gasteiger partial charge in [0, 0.05) is 12.2 Å². The van der Waals surface area contributed by atoms with E-state index in [4.69, 9.17) is 5.11 Å². The molecule has 0 spiro atoms. The molecule has 0 bridgehead atoms. The van der Waals surface area contributed by atoms with Gasteiger partial charge in [-0.15, -0.1) is 0 Å². The Kier molecular flexibility index (Phi) is 6.14. The van der Waals surface area contributed by atoms with Gasteiger partial charge in [0.1, 0.15) is 5.69 Å². The van der Waals surface area contributed by atoms with E-state index in [9.17, 15) is 18.4 Å². The number of carboxylic acid groups (broad SMARTS) is 1. The minimum absolute atomic E-state index is 0.108. The molecule has 1 rings (SSSR count). The van der Waals surface area contributed by atoms with Crippen molar-refractivity contribution in [2.75, 3.05) is 0 Å². The monoisotopic (exact) mass is 288 g/mol. The Bertz CT molecular complexity index is 460.